The minimum Gasteiger partial charge on any atom is -0.481 e. The summed E-state index contributed by atoms with van der Waals surface area (Å²) < 4.78 is 6.72. The lowest BCUT2D eigenvalue weighted by Gasteiger charge is -2.43. The molecule has 0 fully saturated rings. The number of hydrogen-bond donors (Lipinski definition) is 2. The summed E-state index contributed by atoms with van der Waals surface area (Å²) in [5.74, 6) is -1.60. The lowest BCUT2D eigenvalue weighted by atomic mass is 10.0. The van der Waals surface area contributed by atoms with Crippen LogP contribution in [0.4, 0.5) is 0 Å². The Morgan fingerprint density at radius 2 is 1.55 bits per heavy atom. The molecule has 0 aromatic heterocycles. The van der Waals surface area contributed by atoms with Gasteiger partial charge >= 0.3 is 5.97 Å². The van der Waals surface area contributed by atoms with Gasteiger partial charge in [0.25, 0.3) is 8.32 Å². The van der Waals surface area contributed by atoms with E-state index in [4.69, 9.17) is 26.3 Å². The predicted octanol–water partition coefficient (Wildman–Crippen LogP) is 4.07. The molecule has 2 aromatic carbocycles. The first-order valence-corrected chi connectivity index (χ1v) is 11.8. The van der Waals surface area contributed by atoms with Crippen molar-refractivity contribution in [1.29, 1.82) is 0 Å². The van der Waals surface area contributed by atoms with E-state index in [1.165, 1.54) is 0 Å². The number of benzene rings is 2. The average molecular weight is 434 g/mol. The maximum atomic E-state index is 11.2. The van der Waals surface area contributed by atoms with Crippen LogP contribution in [-0.2, 0) is 9.22 Å². The molecular weight excluding hydrogens is 406 g/mol. The van der Waals surface area contributed by atoms with Gasteiger partial charge in [0.1, 0.15) is 5.17 Å². The van der Waals surface area contributed by atoms with E-state index in [2.05, 4.69) is 50.2 Å². The molecule has 5 nitrogen and oxygen atoms in total. The topological polar surface area (TPSA) is 79.1 Å². The molecule has 0 bridgehead atoms. The van der Waals surface area contributed by atoms with Crippen molar-refractivity contribution in [3.63, 3.8) is 0 Å². The van der Waals surface area contributed by atoms with Crippen molar-refractivity contribution < 1.29 is 19.5 Å². The minimum absolute atomic E-state index is 0.113. The number of aliphatic carboxylic acids is 1. The van der Waals surface area contributed by atoms with Gasteiger partial charge in [-0.3, -0.25) is 4.79 Å². The van der Waals surface area contributed by atoms with Crippen LogP contribution >= 0.6 is 11.6 Å². The largest absolute Gasteiger partial charge is 0.481 e. The van der Waals surface area contributed by atoms with Gasteiger partial charge in [0.15, 0.2) is 0 Å². The molecule has 0 aliphatic heterocycles. The van der Waals surface area contributed by atoms with Crippen molar-refractivity contribution >= 4 is 41.4 Å². The molecule has 1 atom stereocenters. The zero-order valence-corrected chi connectivity index (χ0v) is 18.8. The Balaban J connectivity index is 2.42. The summed E-state index contributed by atoms with van der Waals surface area (Å²) in [6, 6.07) is 20.4. The molecule has 2 aromatic rings. The molecule has 2 rings (SSSR count). The van der Waals surface area contributed by atoms with E-state index in [0.717, 1.165) is 10.4 Å². The van der Waals surface area contributed by atoms with Gasteiger partial charge in [-0.2, -0.15) is 0 Å². The van der Waals surface area contributed by atoms with Gasteiger partial charge in [-0.25, -0.2) is 0 Å². The summed E-state index contributed by atoms with van der Waals surface area (Å²) >= 11 is 5.94. The van der Waals surface area contributed by atoms with E-state index < -0.39 is 20.2 Å². The van der Waals surface area contributed by atoms with Gasteiger partial charge < -0.3 is 14.7 Å². The Bertz CT molecular complexity index is 782. The Hall–Kier alpha value is -2.15. The smallest absolute Gasteiger partial charge is 0.304 e. The summed E-state index contributed by atoms with van der Waals surface area (Å²) in [5, 5.41) is 23.1. The van der Waals surface area contributed by atoms with E-state index in [1.807, 2.05) is 36.4 Å². The SMILES string of the molecule is CC(C)(C)[Si](OCC[C@H](CC(=O)O)C(Cl)=NO)(c1ccccc1)c1ccccc1. The molecule has 0 saturated heterocycles. The van der Waals surface area contributed by atoms with Crippen LogP contribution in [0.3, 0.4) is 0 Å². The van der Waals surface area contributed by atoms with Crippen molar-refractivity contribution in [3.8, 4) is 0 Å². The van der Waals surface area contributed by atoms with Gasteiger partial charge in [0.05, 0.1) is 6.42 Å². The molecule has 29 heavy (non-hydrogen) atoms. The molecule has 0 heterocycles. The van der Waals surface area contributed by atoms with Gasteiger partial charge in [-0.15, -0.1) is 0 Å². The third-order valence-electron chi connectivity index (χ3n) is 5.06. The van der Waals surface area contributed by atoms with Gasteiger partial charge in [-0.1, -0.05) is 98.2 Å². The first-order valence-electron chi connectivity index (χ1n) is 9.56. The number of carboxylic acids is 1. The molecule has 0 spiro atoms. The van der Waals surface area contributed by atoms with Crippen LogP contribution in [0, 0.1) is 5.92 Å². The fraction of sp³-hybridized carbons (Fsp3) is 0.364. The standard InChI is InChI=1S/C22H28ClNO4Si/c1-22(2,3)29(18-10-6-4-7-11-18,19-12-8-5-9-13-19)28-15-14-17(16-20(25)26)21(23)24-27/h4-13,17,27H,14-16H2,1-3H3,(H,25,26)/t17-/m1/s1. The highest BCUT2D eigenvalue weighted by Crippen LogP contribution is 2.37. The van der Waals surface area contributed by atoms with Gasteiger partial charge in [-0.05, 0) is 21.8 Å². The maximum Gasteiger partial charge on any atom is 0.304 e. The normalized spacial score (nSPS) is 13.9. The van der Waals surface area contributed by atoms with Crippen molar-refractivity contribution in [3.05, 3.63) is 60.7 Å². The quantitative estimate of drug-likeness (QED) is 0.270. The van der Waals surface area contributed by atoms with E-state index in [0.29, 0.717) is 13.0 Å². The Kier molecular flexibility index (Phi) is 8.02. The fourth-order valence-electron chi connectivity index (χ4n) is 3.71. The second kappa shape index (κ2) is 10.0. The highest BCUT2D eigenvalue weighted by molar-refractivity contribution is 6.99. The van der Waals surface area contributed by atoms with Gasteiger partial charge in [0.2, 0.25) is 0 Å². The lowest BCUT2D eigenvalue weighted by Crippen LogP contribution is -2.66. The van der Waals surface area contributed by atoms with Crippen molar-refractivity contribution in [1.82, 2.24) is 0 Å². The zero-order valence-electron chi connectivity index (χ0n) is 17.0. The second-order valence-electron chi connectivity index (χ2n) is 8.02. The number of nitrogens with zero attached hydrogens (tertiary/aromatic N) is 1. The van der Waals surface area contributed by atoms with E-state index >= 15 is 0 Å². The molecule has 0 saturated carbocycles. The van der Waals surface area contributed by atoms with E-state index in [-0.39, 0.29) is 16.6 Å². The van der Waals surface area contributed by atoms with Crippen molar-refractivity contribution in [2.75, 3.05) is 6.61 Å². The Morgan fingerprint density at radius 1 is 1.07 bits per heavy atom. The molecular formula is C22H28ClNO4Si. The number of halogens is 1. The van der Waals surface area contributed by atoms with Crippen molar-refractivity contribution in [2.45, 2.75) is 38.7 Å². The zero-order chi connectivity index (χ0) is 21.5. The molecule has 0 unspecified atom stereocenters. The summed E-state index contributed by atoms with van der Waals surface area (Å²) in [6.45, 7) is 6.83. The molecule has 7 heteroatoms. The maximum absolute atomic E-state index is 11.2. The number of carboxylic acid groups (broad SMARTS) is 1. The average Bonchev–Trinajstić information content (AvgIpc) is 2.70. The van der Waals surface area contributed by atoms with Crippen molar-refractivity contribution in [2.24, 2.45) is 11.1 Å². The van der Waals surface area contributed by atoms with Crippen LogP contribution in [0.5, 0.6) is 0 Å². The first kappa shape index (κ1) is 23.1. The Labute approximate surface area is 178 Å². The summed E-state index contributed by atoms with van der Waals surface area (Å²) in [5.41, 5.74) is 0. The Morgan fingerprint density at radius 3 is 1.93 bits per heavy atom. The number of rotatable bonds is 9. The van der Waals surface area contributed by atoms with Crippen LogP contribution in [0.1, 0.15) is 33.6 Å². The molecule has 2 N–H and O–H groups in total. The number of hydrogen-bond acceptors (Lipinski definition) is 4. The fourth-order valence-corrected chi connectivity index (χ4v) is 8.48. The summed E-state index contributed by atoms with van der Waals surface area (Å²) in [6.07, 6.45) is 0.132. The molecule has 0 amide bonds. The first-order chi connectivity index (χ1) is 13.7. The summed E-state index contributed by atoms with van der Waals surface area (Å²) in [4.78, 5) is 11.2. The number of carbonyl (C=O) groups is 1. The van der Waals surface area contributed by atoms with Crippen LogP contribution in [0.2, 0.25) is 5.04 Å². The number of oxime groups is 1. The minimum atomic E-state index is -2.69. The molecule has 0 radical (unpaired) electrons. The highest BCUT2D eigenvalue weighted by atomic mass is 35.5. The second-order valence-corrected chi connectivity index (χ2v) is 12.7. The van der Waals surface area contributed by atoms with E-state index in [9.17, 15) is 4.79 Å². The van der Waals surface area contributed by atoms with Crippen LogP contribution < -0.4 is 10.4 Å². The molecule has 156 valence electrons. The monoisotopic (exact) mass is 433 g/mol. The van der Waals surface area contributed by atoms with Crippen LogP contribution in [0.15, 0.2) is 65.8 Å². The highest BCUT2D eigenvalue weighted by Gasteiger charge is 2.50. The summed E-state index contributed by atoms with van der Waals surface area (Å²) in [7, 11) is -2.69. The molecule has 0 aliphatic rings. The third kappa shape index (κ3) is 5.47. The predicted molar refractivity (Wildman–Crippen MR) is 119 cm³/mol. The van der Waals surface area contributed by atoms with Crippen LogP contribution in [0.25, 0.3) is 0 Å². The molecule has 0 aliphatic carbocycles. The lowest BCUT2D eigenvalue weighted by molar-refractivity contribution is -0.137. The van der Waals surface area contributed by atoms with Gasteiger partial charge in [0, 0.05) is 12.5 Å². The third-order valence-corrected chi connectivity index (χ3v) is 10.5. The van der Waals surface area contributed by atoms with Crippen LogP contribution in [-0.4, -0.2) is 36.4 Å². The van der Waals surface area contributed by atoms with E-state index in [1.54, 1.807) is 0 Å².